The van der Waals surface area contributed by atoms with Crippen LogP contribution in [0.4, 0.5) is 11.8 Å². The first-order valence-electron chi connectivity index (χ1n) is 9.24. The molecule has 0 bridgehead atoms. The lowest BCUT2D eigenvalue weighted by Crippen LogP contribution is -2.61. The van der Waals surface area contributed by atoms with Gasteiger partial charge in [-0.25, -0.2) is 4.98 Å². The first-order valence-corrected chi connectivity index (χ1v) is 9.24. The molecule has 1 aliphatic carbocycles. The van der Waals surface area contributed by atoms with E-state index in [1.165, 1.54) is 0 Å². The molecular formula is C18H27N5O2. The second-order valence-corrected chi connectivity index (χ2v) is 7.70. The number of anilines is 2. The summed E-state index contributed by atoms with van der Waals surface area (Å²) in [6.45, 7) is 3.83. The third-order valence-corrected chi connectivity index (χ3v) is 5.38. The average Bonchev–Trinajstić information content (AvgIpc) is 3.46. The van der Waals surface area contributed by atoms with Crippen molar-refractivity contribution < 1.29 is 9.53 Å². The molecule has 3 fully saturated rings. The van der Waals surface area contributed by atoms with Crippen LogP contribution < -0.4 is 9.80 Å². The molecule has 7 nitrogen and oxygen atoms in total. The highest BCUT2D eigenvalue weighted by Crippen LogP contribution is 2.35. The molecule has 1 amide bonds. The van der Waals surface area contributed by atoms with E-state index in [1.807, 2.05) is 36.2 Å². The van der Waals surface area contributed by atoms with Crippen LogP contribution in [0.5, 0.6) is 0 Å². The van der Waals surface area contributed by atoms with Gasteiger partial charge in [0.15, 0.2) is 0 Å². The van der Waals surface area contributed by atoms with Crippen LogP contribution in [0.2, 0.25) is 0 Å². The molecule has 2 aliphatic heterocycles. The molecule has 1 aromatic heterocycles. The molecule has 1 aromatic rings. The van der Waals surface area contributed by atoms with Crippen LogP contribution >= 0.6 is 0 Å². The van der Waals surface area contributed by atoms with Crippen LogP contribution in [0.1, 0.15) is 25.7 Å². The first kappa shape index (κ1) is 16.6. The van der Waals surface area contributed by atoms with E-state index in [0.29, 0.717) is 25.0 Å². The molecule has 0 N–H and O–H groups in total. The van der Waals surface area contributed by atoms with E-state index >= 15 is 0 Å². The van der Waals surface area contributed by atoms with Crippen LogP contribution in [0, 0.1) is 5.92 Å². The molecule has 0 radical (unpaired) electrons. The topological polar surface area (TPSA) is 61.8 Å². The van der Waals surface area contributed by atoms with Crippen molar-refractivity contribution in [2.45, 2.75) is 31.3 Å². The Morgan fingerprint density at radius 2 is 2.16 bits per heavy atom. The minimum absolute atomic E-state index is 0.260. The summed E-state index contributed by atoms with van der Waals surface area (Å²) in [5.74, 6) is 2.26. The Kier molecular flexibility index (Phi) is 4.27. The summed E-state index contributed by atoms with van der Waals surface area (Å²) in [6.07, 6.45) is 5.98. The normalized spacial score (nSPS) is 26.8. The number of hydrogen-bond donors (Lipinski definition) is 0. The van der Waals surface area contributed by atoms with Crippen molar-refractivity contribution in [3.05, 3.63) is 12.3 Å². The van der Waals surface area contributed by atoms with Crippen molar-refractivity contribution in [2.75, 3.05) is 56.7 Å². The number of piperidine rings is 1. The van der Waals surface area contributed by atoms with Gasteiger partial charge in [0.1, 0.15) is 11.4 Å². The quantitative estimate of drug-likeness (QED) is 0.819. The Labute approximate surface area is 149 Å². The SMILES string of the molecule is CN(C)c1nccc(N2CCCC3(CN(C(=O)C4CC4)CCO3)C2)n1. The van der Waals surface area contributed by atoms with Gasteiger partial charge in [0, 0.05) is 39.3 Å². The molecule has 4 rings (SSSR count). The molecule has 1 atom stereocenters. The van der Waals surface area contributed by atoms with Crippen molar-refractivity contribution in [1.29, 1.82) is 0 Å². The van der Waals surface area contributed by atoms with Crippen molar-refractivity contribution in [3.8, 4) is 0 Å². The van der Waals surface area contributed by atoms with Crippen molar-refractivity contribution in [2.24, 2.45) is 5.92 Å². The zero-order chi connectivity index (χ0) is 17.4. The Bertz CT molecular complexity index is 644. The van der Waals surface area contributed by atoms with Crippen LogP contribution in [0.15, 0.2) is 12.3 Å². The Morgan fingerprint density at radius 1 is 1.32 bits per heavy atom. The molecule has 3 heterocycles. The highest BCUT2D eigenvalue weighted by molar-refractivity contribution is 5.81. The number of rotatable bonds is 3. The first-order chi connectivity index (χ1) is 12.1. The zero-order valence-corrected chi connectivity index (χ0v) is 15.1. The predicted molar refractivity (Wildman–Crippen MR) is 95.8 cm³/mol. The Morgan fingerprint density at radius 3 is 2.92 bits per heavy atom. The van der Waals surface area contributed by atoms with E-state index in [4.69, 9.17) is 4.74 Å². The molecule has 0 aromatic carbocycles. The maximum absolute atomic E-state index is 12.5. The summed E-state index contributed by atoms with van der Waals surface area (Å²) >= 11 is 0. The standard InChI is InChI=1S/C18H27N5O2/c1-21(2)17-19-8-6-15(20-17)22-9-3-7-18(12-22)13-23(10-11-25-18)16(24)14-4-5-14/h6,8,14H,3-5,7,9-13H2,1-2H3. The van der Waals surface area contributed by atoms with Gasteiger partial charge in [-0.3, -0.25) is 4.79 Å². The number of nitrogens with zero attached hydrogens (tertiary/aromatic N) is 5. The van der Waals surface area contributed by atoms with Gasteiger partial charge in [-0.05, 0) is 31.7 Å². The minimum Gasteiger partial charge on any atom is -0.369 e. The molecule has 1 saturated carbocycles. The largest absolute Gasteiger partial charge is 0.369 e. The fourth-order valence-corrected chi connectivity index (χ4v) is 3.89. The van der Waals surface area contributed by atoms with E-state index in [1.54, 1.807) is 0 Å². The highest BCUT2D eigenvalue weighted by Gasteiger charge is 2.44. The lowest BCUT2D eigenvalue weighted by atomic mass is 9.90. The van der Waals surface area contributed by atoms with E-state index < -0.39 is 0 Å². The number of carbonyl (C=O) groups excluding carboxylic acids is 1. The molecule has 1 unspecified atom stereocenters. The van der Waals surface area contributed by atoms with Crippen LogP contribution in [0.3, 0.4) is 0 Å². The molecule has 3 aliphatic rings. The van der Waals surface area contributed by atoms with Crippen molar-refractivity contribution in [1.82, 2.24) is 14.9 Å². The zero-order valence-electron chi connectivity index (χ0n) is 15.1. The molecule has 1 spiro atoms. The number of amides is 1. The summed E-state index contributed by atoms with van der Waals surface area (Å²) in [4.78, 5) is 27.7. The number of carbonyl (C=O) groups is 1. The summed E-state index contributed by atoms with van der Waals surface area (Å²) in [5.41, 5.74) is -0.260. The van der Waals surface area contributed by atoms with Gasteiger partial charge in [0.05, 0.1) is 19.7 Å². The summed E-state index contributed by atoms with van der Waals surface area (Å²) in [5, 5.41) is 0. The third kappa shape index (κ3) is 3.42. The lowest BCUT2D eigenvalue weighted by molar-refractivity contribution is -0.153. The predicted octanol–water partition coefficient (Wildman–Crippen LogP) is 1.15. The smallest absolute Gasteiger partial charge is 0.226 e. The highest BCUT2D eigenvalue weighted by atomic mass is 16.5. The third-order valence-electron chi connectivity index (χ3n) is 5.38. The van der Waals surface area contributed by atoms with E-state index in [9.17, 15) is 4.79 Å². The van der Waals surface area contributed by atoms with Gasteiger partial charge in [-0.2, -0.15) is 4.98 Å². The van der Waals surface area contributed by atoms with Gasteiger partial charge in [0.25, 0.3) is 0 Å². The fraction of sp³-hybridized carbons (Fsp3) is 0.722. The van der Waals surface area contributed by atoms with E-state index in [-0.39, 0.29) is 11.5 Å². The van der Waals surface area contributed by atoms with Gasteiger partial charge in [-0.1, -0.05) is 0 Å². The maximum atomic E-state index is 12.5. The van der Waals surface area contributed by atoms with Crippen molar-refractivity contribution in [3.63, 3.8) is 0 Å². The number of morpholine rings is 1. The van der Waals surface area contributed by atoms with Crippen molar-refractivity contribution >= 4 is 17.7 Å². The van der Waals surface area contributed by atoms with Gasteiger partial charge in [-0.15, -0.1) is 0 Å². The fourth-order valence-electron chi connectivity index (χ4n) is 3.89. The van der Waals surface area contributed by atoms with Crippen LogP contribution in [0.25, 0.3) is 0 Å². The lowest BCUT2D eigenvalue weighted by Gasteiger charge is -2.48. The number of hydrogen-bond acceptors (Lipinski definition) is 6. The molecule has 25 heavy (non-hydrogen) atoms. The average molecular weight is 345 g/mol. The monoisotopic (exact) mass is 345 g/mol. The summed E-state index contributed by atoms with van der Waals surface area (Å²) in [6, 6.07) is 1.96. The second-order valence-electron chi connectivity index (χ2n) is 7.70. The number of ether oxygens (including phenoxy) is 1. The maximum Gasteiger partial charge on any atom is 0.226 e. The van der Waals surface area contributed by atoms with Gasteiger partial charge in [0.2, 0.25) is 11.9 Å². The van der Waals surface area contributed by atoms with E-state index in [2.05, 4.69) is 14.9 Å². The Hall–Kier alpha value is -1.89. The molecule has 7 heteroatoms. The minimum atomic E-state index is -0.260. The summed E-state index contributed by atoms with van der Waals surface area (Å²) in [7, 11) is 3.89. The van der Waals surface area contributed by atoms with Crippen LogP contribution in [-0.2, 0) is 9.53 Å². The molecule has 2 saturated heterocycles. The number of aromatic nitrogens is 2. The van der Waals surface area contributed by atoms with Crippen LogP contribution in [-0.4, -0.2) is 73.3 Å². The summed E-state index contributed by atoms with van der Waals surface area (Å²) < 4.78 is 6.23. The van der Waals surface area contributed by atoms with E-state index in [0.717, 1.165) is 51.1 Å². The molecule has 136 valence electrons. The molecular weight excluding hydrogens is 318 g/mol. The van der Waals surface area contributed by atoms with Gasteiger partial charge < -0.3 is 19.4 Å². The van der Waals surface area contributed by atoms with Gasteiger partial charge >= 0.3 is 0 Å². The Balaban J connectivity index is 1.50. The second kappa shape index (κ2) is 6.44.